The summed E-state index contributed by atoms with van der Waals surface area (Å²) in [5, 5.41) is 9.25. The van der Waals surface area contributed by atoms with Gasteiger partial charge >= 0.3 is 0 Å². The molecule has 1 N–H and O–H groups in total. The van der Waals surface area contributed by atoms with E-state index in [2.05, 4.69) is 11.8 Å². The lowest BCUT2D eigenvalue weighted by atomic mass is 10.0. The van der Waals surface area contributed by atoms with E-state index in [0.717, 1.165) is 12.8 Å². The van der Waals surface area contributed by atoms with Gasteiger partial charge in [-0.15, -0.1) is 5.92 Å². The number of carbonyl (C=O) groups is 1. The average Bonchev–Trinajstić information content (AvgIpc) is 2.35. The number of carbonyl (C=O) groups excluding carboxylic acids is 1. The molecule has 12 heavy (non-hydrogen) atoms. The number of allylic oxidation sites excluding steroid dienone is 1. The summed E-state index contributed by atoms with van der Waals surface area (Å²) in [5.74, 6) is 5.06. The summed E-state index contributed by atoms with van der Waals surface area (Å²) >= 11 is 0. The first kappa shape index (κ1) is 9.02. The van der Waals surface area contributed by atoms with Gasteiger partial charge in [-0.1, -0.05) is 18.9 Å². The molecule has 0 aromatic rings. The summed E-state index contributed by atoms with van der Waals surface area (Å²) in [6.07, 6.45) is 3.97. The SMILES string of the molecule is CCCC#CC1C(=O)C=CC1O. The molecular formula is C10H12O2. The van der Waals surface area contributed by atoms with E-state index in [0.29, 0.717) is 0 Å². The third-order valence-corrected chi connectivity index (χ3v) is 1.74. The molecule has 0 bridgehead atoms. The predicted molar refractivity (Wildman–Crippen MR) is 46.3 cm³/mol. The minimum Gasteiger partial charge on any atom is -0.387 e. The summed E-state index contributed by atoms with van der Waals surface area (Å²) in [5.41, 5.74) is 0. The molecule has 2 heteroatoms. The van der Waals surface area contributed by atoms with Crippen LogP contribution >= 0.6 is 0 Å². The zero-order chi connectivity index (χ0) is 8.97. The number of rotatable bonds is 1. The fraction of sp³-hybridized carbons (Fsp3) is 0.500. The molecule has 0 spiro atoms. The minimum absolute atomic E-state index is 0.0777. The van der Waals surface area contributed by atoms with Gasteiger partial charge in [-0.3, -0.25) is 4.79 Å². The standard InChI is InChI=1S/C10H12O2/c1-2-3-4-5-8-9(11)6-7-10(8)12/h6-9,11H,2-3H2,1H3. The summed E-state index contributed by atoms with van der Waals surface area (Å²) in [4.78, 5) is 11.0. The monoisotopic (exact) mass is 164 g/mol. The molecule has 0 aromatic heterocycles. The molecule has 0 radical (unpaired) electrons. The Balaban J connectivity index is 2.54. The van der Waals surface area contributed by atoms with Crippen LogP contribution in [0.3, 0.4) is 0 Å². The van der Waals surface area contributed by atoms with Gasteiger partial charge in [0.05, 0.1) is 6.10 Å². The largest absolute Gasteiger partial charge is 0.387 e. The van der Waals surface area contributed by atoms with Gasteiger partial charge in [0, 0.05) is 6.42 Å². The van der Waals surface area contributed by atoms with Crippen LogP contribution in [0.25, 0.3) is 0 Å². The van der Waals surface area contributed by atoms with Crippen molar-refractivity contribution in [2.75, 3.05) is 0 Å². The molecule has 2 nitrogen and oxygen atoms in total. The summed E-state index contributed by atoms with van der Waals surface area (Å²) in [6.45, 7) is 2.03. The first-order chi connectivity index (χ1) is 5.75. The zero-order valence-electron chi connectivity index (χ0n) is 7.08. The van der Waals surface area contributed by atoms with Gasteiger partial charge < -0.3 is 5.11 Å². The second-order valence-corrected chi connectivity index (χ2v) is 2.80. The molecule has 1 aliphatic carbocycles. The van der Waals surface area contributed by atoms with Crippen LogP contribution < -0.4 is 0 Å². The van der Waals surface area contributed by atoms with E-state index in [1.807, 2.05) is 6.92 Å². The van der Waals surface area contributed by atoms with E-state index in [4.69, 9.17) is 0 Å². The van der Waals surface area contributed by atoms with Gasteiger partial charge in [-0.05, 0) is 12.5 Å². The Morgan fingerprint density at radius 2 is 2.42 bits per heavy atom. The average molecular weight is 164 g/mol. The van der Waals surface area contributed by atoms with Crippen molar-refractivity contribution in [2.24, 2.45) is 5.92 Å². The van der Waals surface area contributed by atoms with E-state index < -0.39 is 12.0 Å². The Hall–Kier alpha value is -1.07. The number of ketones is 1. The molecule has 2 unspecified atom stereocenters. The van der Waals surface area contributed by atoms with Gasteiger partial charge in [0.2, 0.25) is 0 Å². The van der Waals surface area contributed by atoms with Gasteiger partial charge in [0.25, 0.3) is 0 Å². The number of unbranched alkanes of at least 4 members (excludes halogenated alkanes) is 1. The molecule has 0 saturated carbocycles. The van der Waals surface area contributed by atoms with Crippen molar-refractivity contribution < 1.29 is 9.90 Å². The molecule has 0 aliphatic heterocycles. The second-order valence-electron chi connectivity index (χ2n) is 2.80. The van der Waals surface area contributed by atoms with Crippen LogP contribution in [0.4, 0.5) is 0 Å². The van der Waals surface area contributed by atoms with Gasteiger partial charge in [-0.2, -0.15) is 0 Å². The van der Waals surface area contributed by atoms with E-state index in [1.165, 1.54) is 12.2 Å². The second kappa shape index (κ2) is 4.08. The number of hydrogen-bond donors (Lipinski definition) is 1. The lowest BCUT2D eigenvalue weighted by Gasteiger charge is -2.03. The van der Waals surface area contributed by atoms with Gasteiger partial charge in [-0.25, -0.2) is 0 Å². The van der Waals surface area contributed by atoms with Gasteiger partial charge in [0.15, 0.2) is 5.78 Å². The highest BCUT2D eigenvalue weighted by Gasteiger charge is 2.26. The molecule has 0 aromatic carbocycles. The molecule has 0 fully saturated rings. The Kier molecular flexibility index (Phi) is 3.07. The van der Waals surface area contributed by atoms with E-state index in [-0.39, 0.29) is 5.78 Å². The van der Waals surface area contributed by atoms with Crippen molar-refractivity contribution in [3.63, 3.8) is 0 Å². The van der Waals surface area contributed by atoms with E-state index >= 15 is 0 Å². The fourth-order valence-electron chi connectivity index (χ4n) is 1.04. The van der Waals surface area contributed by atoms with Crippen molar-refractivity contribution >= 4 is 5.78 Å². The summed E-state index contributed by atoms with van der Waals surface area (Å²) in [6, 6.07) is 0. The van der Waals surface area contributed by atoms with Crippen LogP contribution in [-0.4, -0.2) is 17.0 Å². The Bertz CT molecular complexity index is 255. The highest BCUT2D eigenvalue weighted by Crippen LogP contribution is 2.13. The summed E-state index contributed by atoms with van der Waals surface area (Å²) in [7, 11) is 0. The Labute approximate surface area is 72.3 Å². The smallest absolute Gasteiger partial charge is 0.173 e. The fourth-order valence-corrected chi connectivity index (χ4v) is 1.04. The minimum atomic E-state index is -0.693. The maximum Gasteiger partial charge on any atom is 0.173 e. The number of aliphatic hydroxyl groups excluding tert-OH is 1. The van der Waals surface area contributed by atoms with Crippen molar-refractivity contribution in [3.8, 4) is 11.8 Å². The van der Waals surface area contributed by atoms with Gasteiger partial charge in [0.1, 0.15) is 5.92 Å². The highest BCUT2D eigenvalue weighted by atomic mass is 16.3. The molecule has 1 rings (SSSR count). The molecule has 0 saturated heterocycles. The maximum absolute atomic E-state index is 11.0. The number of hydrogen-bond acceptors (Lipinski definition) is 2. The van der Waals surface area contributed by atoms with Crippen LogP contribution in [0.15, 0.2) is 12.2 Å². The van der Waals surface area contributed by atoms with E-state index in [1.54, 1.807) is 0 Å². The van der Waals surface area contributed by atoms with Crippen molar-refractivity contribution in [2.45, 2.75) is 25.9 Å². The molecule has 0 heterocycles. The molecule has 0 amide bonds. The zero-order valence-corrected chi connectivity index (χ0v) is 7.08. The van der Waals surface area contributed by atoms with Crippen LogP contribution in [-0.2, 0) is 4.79 Å². The first-order valence-corrected chi connectivity index (χ1v) is 4.14. The predicted octanol–water partition coefficient (Wildman–Crippen LogP) is 0.906. The Morgan fingerprint density at radius 1 is 1.67 bits per heavy atom. The topological polar surface area (TPSA) is 37.3 Å². The summed E-state index contributed by atoms with van der Waals surface area (Å²) < 4.78 is 0. The lowest BCUT2D eigenvalue weighted by Crippen LogP contribution is -2.17. The third kappa shape index (κ3) is 1.96. The quantitative estimate of drug-likeness (QED) is 0.585. The molecular weight excluding hydrogens is 152 g/mol. The molecule has 64 valence electrons. The molecule has 1 aliphatic rings. The third-order valence-electron chi connectivity index (χ3n) is 1.74. The van der Waals surface area contributed by atoms with Crippen molar-refractivity contribution in [3.05, 3.63) is 12.2 Å². The molecule has 2 atom stereocenters. The highest BCUT2D eigenvalue weighted by molar-refractivity contribution is 5.97. The Morgan fingerprint density at radius 3 is 2.92 bits per heavy atom. The van der Waals surface area contributed by atoms with Crippen LogP contribution in [0.5, 0.6) is 0 Å². The van der Waals surface area contributed by atoms with Crippen molar-refractivity contribution in [1.29, 1.82) is 0 Å². The first-order valence-electron chi connectivity index (χ1n) is 4.14. The number of aliphatic hydroxyl groups is 1. The lowest BCUT2D eigenvalue weighted by molar-refractivity contribution is -0.117. The maximum atomic E-state index is 11.0. The van der Waals surface area contributed by atoms with Crippen molar-refractivity contribution in [1.82, 2.24) is 0 Å². The van der Waals surface area contributed by atoms with E-state index in [9.17, 15) is 9.90 Å². The normalized spacial score (nSPS) is 27.0. The van der Waals surface area contributed by atoms with Crippen LogP contribution in [0.2, 0.25) is 0 Å². The van der Waals surface area contributed by atoms with Crippen LogP contribution in [0, 0.1) is 17.8 Å². The van der Waals surface area contributed by atoms with Crippen LogP contribution in [0.1, 0.15) is 19.8 Å².